The van der Waals surface area contributed by atoms with Gasteiger partial charge in [0.25, 0.3) is 0 Å². The van der Waals surface area contributed by atoms with Crippen LogP contribution in [0.15, 0.2) is 18.2 Å². The Morgan fingerprint density at radius 1 is 1.57 bits per heavy atom. The van der Waals surface area contributed by atoms with E-state index < -0.39 is 0 Å². The van der Waals surface area contributed by atoms with Gasteiger partial charge in [-0.25, -0.2) is 0 Å². The minimum atomic E-state index is -0.0664. The van der Waals surface area contributed by atoms with Crippen LogP contribution in [0.2, 0.25) is 5.02 Å². The largest absolute Gasteiger partial charge is 0.495 e. The van der Waals surface area contributed by atoms with Crippen LogP contribution < -0.4 is 15.8 Å². The van der Waals surface area contributed by atoms with Crippen LogP contribution in [0.5, 0.6) is 5.75 Å². The number of hydrogen-bond acceptors (Lipinski definition) is 4. The Morgan fingerprint density at radius 2 is 2.33 bits per heavy atom. The number of nitrogens with two attached hydrogens (primary N) is 1. The molecule has 7 heteroatoms. The van der Waals surface area contributed by atoms with Crippen LogP contribution in [-0.2, 0) is 4.79 Å². The molecule has 1 aromatic carbocycles. The molecular formula is C14H21Cl2N3O2. The monoisotopic (exact) mass is 333 g/mol. The lowest BCUT2D eigenvalue weighted by molar-refractivity contribution is -0.117. The van der Waals surface area contributed by atoms with Gasteiger partial charge in [0.1, 0.15) is 5.75 Å². The van der Waals surface area contributed by atoms with Crippen molar-refractivity contribution in [2.75, 3.05) is 38.6 Å². The number of ether oxygens (including phenoxy) is 1. The molecule has 1 aliphatic rings. The van der Waals surface area contributed by atoms with E-state index in [1.54, 1.807) is 25.3 Å². The predicted octanol–water partition coefficient (Wildman–Crippen LogP) is 1.99. The van der Waals surface area contributed by atoms with E-state index >= 15 is 0 Å². The number of halogens is 2. The van der Waals surface area contributed by atoms with Crippen molar-refractivity contribution in [3.05, 3.63) is 23.2 Å². The van der Waals surface area contributed by atoms with Crippen molar-refractivity contribution < 1.29 is 9.53 Å². The third-order valence-corrected chi connectivity index (χ3v) is 3.74. The number of likely N-dealkylation sites (tertiary alicyclic amines) is 1. The summed E-state index contributed by atoms with van der Waals surface area (Å²) in [4.78, 5) is 14.2. The summed E-state index contributed by atoms with van der Waals surface area (Å²) < 4.78 is 5.20. The van der Waals surface area contributed by atoms with Crippen molar-refractivity contribution in [2.24, 2.45) is 11.7 Å². The highest BCUT2D eigenvalue weighted by atomic mass is 35.5. The zero-order chi connectivity index (χ0) is 14.5. The van der Waals surface area contributed by atoms with E-state index in [4.69, 9.17) is 22.1 Å². The molecular weight excluding hydrogens is 313 g/mol. The molecule has 1 aromatic rings. The number of rotatable bonds is 5. The molecule has 0 spiro atoms. The number of methoxy groups -OCH3 is 1. The van der Waals surface area contributed by atoms with Gasteiger partial charge in [0, 0.05) is 11.6 Å². The Bertz CT molecular complexity index is 485. The van der Waals surface area contributed by atoms with E-state index in [0.29, 0.717) is 35.5 Å². The molecule has 1 atom stereocenters. The lowest BCUT2D eigenvalue weighted by Gasteiger charge is -2.16. The average Bonchev–Trinajstić information content (AvgIpc) is 2.86. The lowest BCUT2D eigenvalue weighted by atomic mass is 10.1. The topological polar surface area (TPSA) is 67.6 Å². The number of nitrogens with one attached hydrogen (secondary N) is 1. The quantitative estimate of drug-likeness (QED) is 0.864. The smallest absolute Gasteiger partial charge is 0.238 e. The highest BCUT2D eigenvalue weighted by Crippen LogP contribution is 2.27. The minimum absolute atomic E-state index is 0. The maximum atomic E-state index is 12.1. The molecule has 1 aliphatic heterocycles. The summed E-state index contributed by atoms with van der Waals surface area (Å²) in [5, 5.41) is 3.40. The fourth-order valence-electron chi connectivity index (χ4n) is 2.42. The lowest BCUT2D eigenvalue weighted by Crippen LogP contribution is -2.32. The maximum absolute atomic E-state index is 12.1. The first-order chi connectivity index (χ1) is 9.62. The maximum Gasteiger partial charge on any atom is 0.238 e. The number of amides is 1. The molecule has 3 N–H and O–H groups in total. The molecule has 0 bridgehead atoms. The van der Waals surface area contributed by atoms with E-state index in [-0.39, 0.29) is 18.3 Å². The molecule has 0 aliphatic carbocycles. The zero-order valence-electron chi connectivity index (χ0n) is 12.0. The van der Waals surface area contributed by atoms with Crippen LogP contribution >= 0.6 is 24.0 Å². The van der Waals surface area contributed by atoms with Gasteiger partial charge >= 0.3 is 0 Å². The first kappa shape index (κ1) is 18.0. The summed E-state index contributed by atoms with van der Waals surface area (Å²) in [5.41, 5.74) is 6.24. The molecule has 1 amide bonds. The Hall–Kier alpha value is -1.01. The number of benzene rings is 1. The van der Waals surface area contributed by atoms with Crippen LogP contribution in [0.4, 0.5) is 5.69 Å². The number of hydrogen-bond donors (Lipinski definition) is 2. The van der Waals surface area contributed by atoms with E-state index in [2.05, 4.69) is 10.2 Å². The van der Waals surface area contributed by atoms with Crippen molar-refractivity contribution in [1.82, 2.24) is 4.90 Å². The summed E-state index contributed by atoms with van der Waals surface area (Å²) in [6.45, 7) is 2.85. The zero-order valence-corrected chi connectivity index (χ0v) is 13.5. The van der Waals surface area contributed by atoms with E-state index in [0.717, 1.165) is 19.5 Å². The fourth-order valence-corrected chi connectivity index (χ4v) is 2.59. The van der Waals surface area contributed by atoms with Crippen LogP contribution in [-0.4, -0.2) is 44.1 Å². The molecule has 1 fully saturated rings. The van der Waals surface area contributed by atoms with Gasteiger partial charge in [0.05, 0.1) is 19.3 Å². The molecule has 5 nitrogen and oxygen atoms in total. The Balaban J connectivity index is 0.00000220. The van der Waals surface area contributed by atoms with Crippen molar-refractivity contribution in [1.29, 1.82) is 0 Å². The number of carbonyl (C=O) groups is 1. The summed E-state index contributed by atoms with van der Waals surface area (Å²) in [6.07, 6.45) is 1.06. The average molecular weight is 334 g/mol. The summed E-state index contributed by atoms with van der Waals surface area (Å²) in [7, 11) is 1.56. The molecule has 2 rings (SSSR count). The third-order valence-electron chi connectivity index (χ3n) is 3.51. The molecule has 0 saturated carbocycles. The molecule has 1 saturated heterocycles. The minimum Gasteiger partial charge on any atom is -0.495 e. The second-order valence-electron chi connectivity index (χ2n) is 5.02. The Kier molecular flexibility index (Phi) is 7.25. The van der Waals surface area contributed by atoms with E-state index in [1.807, 2.05) is 0 Å². The molecule has 21 heavy (non-hydrogen) atoms. The number of anilines is 1. The van der Waals surface area contributed by atoms with Gasteiger partial charge in [-0.3, -0.25) is 9.69 Å². The molecule has 118 valence electrons. The fraction of sp³-hybridized carbons (Fsp3) is 0.500. The van der Waals surface area contributed by atoms with Crippen molar-refractivity contribution in [3.63, 3.8) is 0 Å². The molecule has 0 aromatic heterocycles. The molecule has 0 radical (unpaired) electrons. The van der Waals surface area contributed by atoms with Crippen LogP contribution in [0, 0.1) is 5.92 Å². The Labute approximate surface area is 136 Å². The molecule has 1 unspecified atom stereocenters. The van der Waals surface area contributed by atoms with Crippen molar-refractivity contribution in [2.45, 2.75) is 6.42 Å². The van der Waals surface area contributed by atoms with Gasteiger partial charge < -0.3 is 15.8 Å². The van der Waals surface area contributed by atoms with Gasteiger partial charge in [-0.15, -0.1) is 12.4 Å². The van der Waals surface area contributed by atoms with Crippen molar-refractivity contribution >= 4 is 35.6 Å². The van der Waals surface area contributed by atoms with E-state index in [1.165, 1.54) is 0 Å². The normalized spacial score (nSPS) is 18.1. The summed E-state index contributed by atoms with van der Waals surface area (Å²) >= 11 is 5.93. The third kappa shape index (κ3) is 5.04. The highest BCUT2D eigenvalue weighted by Gasteiger charge is 2.23. The standard InChI is InChI=1S/C14H20ClN3O2.ClH/c1-20-13-3-2-11(15)6-12(13)17-14(19)9-18-5-4-10(7-16)8-18;/h2-3,6,10H,4-5,7-9,16H2,1H3,(H,17,19);1H. The van der Waals surface area contributed by atoms with E-state index in [9.17, 15) is 4.79 Å². The predicted molar refractivity (Wildman–Crippen MR) is 87.5 cm³/mol. The molecule has 1 heterocycles. The van der Waals surface area contributed by atoms with Gasteiger partial charge in [-0.1, -0.05) is 11.6 Å². The summed E-state index contributed by atoms with van der Waals surface area (Å²) in [6, 6.07) is 5.14. The van der Waals surface area contributed by atoms with Gasteiger partial charge in [-0.05, 0) is 43.6 Å². The second kappa shape index (κ2) is 8.44. The van der Waals surface area contributed by atoms with Crippen LogP contribution in [0.1, 0.15) is 6.42 Å². The highest BCUT2D eigenvalue weighted by molar-refractivity contribution is 6.31. The van der Waals surface area contributed by atoms with Crippen LogP contribution in [0.3, 0.4) is 0 Å². The summed E-state index contributed by atoms with van der Waals surface area (Å²) in [5.74, 6) is 1.04. The first-order valence-electron chi connectivity index (χ1n) is 6.68. The van der Waals surface area contributed by atoms with Crippen LogP contribution in [0.25, 0.3) is 0 Å². The SMILES string of the molecule is COc1ccc(Cl)cc1NC(=O)CN1CCC(CN)C1.Cl. The second-order valence-corrected chi connectivity index (χ2v) is 5.45. The van der Waals surface area contributed by atoms with Gasteiger partial charge in [0.15, 0.2) is 0 Å². The number of nitrogens with zero attached hydrogens (tertiary/aromatic N) is 1. The first-order valence-corrected chi connectivity index (χ1v) is 7.06. The van der Waals surface area contributed by atoms with Gasteiger partial charge in [-0.2, -0.15) is 0 Å². The van der Waals surface area contributed by atoms with Gasteiger partial charge in [0.2, 0.25) is 5.91 Å². The van der Waals surface area contributed by atoms with Crippen molar-refractivity contribution in [3.8, 4) is 5.75 Å². The Morgan fingerprint density at radius 3 is 2.95 bits per heavy atom. The number of carbonyl (C=O) groups excluding carboxylic acids is 1.